The highest BCUT2D eigenvalue weighted by molar-refractivity contribution is 5.74. The zero-order valence-electron chi connectivity index (χ0n) is 50.4. The third-order valence-corrected chi connectivity index (χ3v) is 14.5. The smallest absolute Gasteiger partial charge is 0.335 e. The molecule has 0 saturated carbocycles. The van der Waals surface area contributed by atoms with Gasteiger partial charge >= 0.3 is 23.9 Å². The minimum absolute atomic E-state index is 0.0426. The monoisotopic (exact) mass is 1110 g/mol. The van der Waals surface area contributed by atoms with Gasteiger partial charge in [-0.15, -0.1) is 0 Å². The number of carboxylic acid groups (broad SMARTS) is 1. The normalized spacial score (nSPS) is 18.2. The Balaban J connectivity index is 2.67. The second kappa shape index (κ2) is 55.0. The summed E-state index contributed by atoms with van der Waals surface area (Å²) in [5.41, 5.74) is 0. The summed E-state index contributed by atoms with van der Waals surface area (Å²) >= 11 is 0. The number of hydrogen-bond donors (Lipinski definition) is 3. The number of esters is 3. The fourth-order valence-electron chi connectivity index (χ4n) is 9.54. The highest BCUT2D eigenvalue weighted by atomic mass is 16.7. The molecule has 0 aliphatic carbocycles. The van der Waals surface area contributed by atoms with E-state index in [1.807, 2.05) is 0 Å². The van der Waals surface area contributed by atoms with E-state index in [9.17, 15) is 34.5 Å². The predicted molar refractivity (Wildman–Crippen MR) is 322 cm³/mol. The fourth-order valence-corrected chi connectivity index (χ4v) is 9.54. The minimum Gasteiger partial charge on any atom is -0.479 e. The first-order chi connectivity index (χ1) is 38.6. The highest BCUT2D eigenvalue weighted by Crippen LogP contribution is 2.27. The third-order valence-electron chi connectivity index (χ3n) is 14.5. The zero-order valence-corrected chi connectivity index (χ0v) is 50.4. The summed E-state index contributed by atoms with van der Waals surface area (Å²) in [7, 11) is 0. The SMILES string of the molecule is CCCCC/C=C\C/C=C\CCCCCCCC(=O)OC(COC(=O)CCCCCCCCCCC/C=C\CCCCCCCC)COC1OC(C(=O)O)C(O)C(O)C1OC(=O)CCCCCCC/C=C\C/C=C\CCCCC. The molecule has 6 unspecified atom stereocenters. The van der Waals surface area contributed by atoms with Crippen LogP contribution >= 0.6 is 0 Å². The molecule has 0 spiro atoms. The lowest BCUT2D eigenvalue weighted by molar-refractivity contribution is -0.301. The molecule has 1 rings (SSSR count). The molecule has 6 atom stereocenters. The summed E-state index contributed by atoms with van der Waals surface area (Å²) in [4.78, 5) is 51.3. The third kappa shape index (κ3) is 44.7. The number of rotatable bonds is 55. The topological polar surface area (TPSA) is 175 Å². The van der Waals surface area contributed by atoms with Gasteiger partial charge in [-0.1, -0.05) is 223 Å². The van der Waals surface area contributed by atoms with Gasteiger partial charge in [0.05, 0.1) is 6.61 Å². The van der Waals surface area contributed by atoms with Crippen molar-refractivity contribution in [3.05, 3.63) is 60.8 Å². The molecular weight excluding hydrogens is 997 g/mol. The van der Waals surface area contributed by atoms with Crippen molar-refractivity contribution in [2.75, 3.05) is 13.2 Å². The Morgan fingerprint density at radius 1 is 0.418 bits per heavy atom. The van der Waals surface area contributed by atoms with E-state index in [2.05, 4.69) is 81.5 Å². The summed E-state index contributed by atoms with van der Waals surface area (Å²) in [5.74, 6) is -3.14. The Hall–Kier alpha value is -3.58. The molecule has 0 bridgehead atoms. The summed E-state index contributed by atoms with van der Waals surface area (Å²) in [5, 5.41) is 31.5. The van der Waals surface area contributed by atoms with Gasteiger partial charge in [0.1, 0.15) is 18.8 Å². The molecule has 1 aliphatic heterocycles. The van der Waals surface area contributed by atoms with Crippen LogP contribution in [-0.4, -0.2) is 89.2 Å². The van der Waals surface area contributed by atoms with Gasteiger partial charge in [-0.3, -0.25) is 14.4 Å². The zero-order chi connectivity index (χ0) is 57.5. The number of allylic oxidation sites excluding steroid dienone is 10. The molecule has 1 heterocycles. The molecule has 79 heavy (non-hydrogen) atoms. The van der Waals surface area contributed by atoms with Crippen molar-refractivity contribution in [3.63, 3.8) is 0 Å². The molecule has 0 aromatic carbocycles. The molecular formula is C67H116O12. The first-order valence-electron chi connectivity index (χ1n) is 32.3. The van der Waals surface area contributed by atoms with Crippen LogP contribution in [0.5, 0.6) is 0 Å². The Bertz CT molecular complexity index is 1600. The van der Waals surface area contributed by atoms with E-state index in [4.69, 9.17) is 23.7 Å². The van der Waals surface area contributed by atoms with Crippen LogP contribution in [0.15, 0.2) is 60.8 Å². The number of carbonyl (C=O) groups excluding carboxylic acids is 3. The maximum Gasteiger partial charge on any atom is 0.335 e. The molecule has 1 fully saturated rings. The van der Waals surface area contributed by atoms with E-state index in [-0.39, 0.29) is 25.9 Å². The lowest BCUT2D eigenvalue weighted by atomic mass is 9.98. The molecule has 0 radical (unpaired) electrons. The summed E-state index contributed by atoms with van der Waals surface area (Å²) in [6, 6.07) is 0. The van der Waals surface area contributed by atoms with Crippen LogP contribution in [-0.2, 0) is 42.9 Å². The van der Waals surface area contributed by atoms with Crippen molar-refractivity contribution in [1.29, 1.82) is 0 Å². The van der Waals surface area contributed by atoms with Crippen LogP contribution in [0.1, 0.15) is 290 Å². The van der Waals surface area contributed by atoms with E-state index in [1.54, 1.807) is 0 Å². The standard InChI is InChI=1S/C67H116O12/c1-4-7-10-13-16-19-22-25-28-29-30-31-34-35-38-41-44-47-50-53-59(68)75-56-58(77-60(69)54-51-48-45-42-39-36-32-26-23-20-17-14-11-8-5-2)57-76-67-65(63(72)62(71)64(79-67)66(73)74)78-61(70)55-52-49-46-43-40-37-33-27-24-21-18-15-12-9-6-3/h17-18,20-21,25-28,32-33,58,62-65,67,71-72H,4-16,19,22-24,29-31,34-57H2,1-3H3,(H,73,74)/b20-17-,21-18-,28-25-,32-26-,33-27-. The van der Waals surface area contributed by atoms with Gasteiger partial charge in [0.2, 0.25) is 0 Å². The molecule has 456 valence electrons. The van der Waals surface area contributed by atoms with E-state index in [0.29, 0.717) is 19.3 Å². The molecule has 3 N–H and O–H groups in total. The minimum atomic E-state index is -1.91. The highest BCUT2D eigenvalue weighted by Gasteiger charge is 2.50. The van der Waals surface area contributed by atoms with Crippen molar-refractivity contribution in [2.24, 2.45) is 0 Å². The number of aliphatic hydroxyl groups excluding tert-OH is 2. The van der Waals surface area contributed by atoms with Gasteiger partial charge in [0, 0.05) is 19.3 Å². The lowest BCUT2D eigenvalue weighted by Crippen LogP contribution is -2.61. The van der Waals surface area contributed by atoms with Gasteiger partial charge < -0.3 is 39.0 Å². The van der Waals surface area contributed by atoms with Crippen LogP contribution < -0.4 is 0 Å². The first-order valence-corrected chi connectivity index (χ1v) is 32.3. The molecule has 12 nitrogen and oxygen atoms in total. The summed E-state index contributed by atoms with van der Waals surface area (Å²) in [6.07, 6.45) is 56.0. The number of carboxylic acids is 1. The fraction of sp³-hybridized carbons (Fsp3) is 0.791. The van der Waals surface area contributed by atoms with Crippen molar-refractivity contribution >= 4 is 23.9 Å². The van der Waals surface area contributed by atoms with Crippen molar-refractivity contribution < 1.29 is 58.2 Å². The van der Waals surface area contributed by atoms with Crippen LogP contribution in [0.25, 0.3) is 0 Å². The predicted octanol–water partition coefficient (Wildman–Crippen LogP) is 17.1. The maximum atomic E-state index is 13.2. The van der Waals surface area contributed by atoms with Crippen LogP contribution in [0.4, 0.5) is 0 Å². The molecule has 1 saturated heterocycles. The quantitative estimate of drug-likeness (QED) is 0.0228. The van der Waals surface area contributed by atoms with E-state index in [0.717, 1.165) is 109 Å². The Labute approximate surface area is 481 Å². The molecule has 12 heteroatoms. The van der Waals surface area contributed by atoms with Crippen LogP contribution in [0, 0.1) is 0 Å². The van der Waals surface area contributed by atoms with Crippen molar-refractivity contribution in [2.45, 2.75) is 327 Å². The number of hydrogen-bond acceptors (Lipinski definition) is 11. The Morgan fingerprint density at radius 2 is 0.759 bits per heavy atom. The summed E-state index contributed by atoms with van der Waals surface area (Å²) < 4.78 is 28.5. The Kier molecular flexibility index (Phi) is 51.1. The number of unbranched alkanes of at least 4 members (excludes halogenated alkanes) is 31. The number of carbonyl (C=O) groups is 4. The van der Waals surface area contributed by atoms with Crippen LogP contribution in [0.2, 0.25) is 0 Å². The Morgan fingerprint density at radius 3 is 1.18 bits per heavy atom. The molecule has 1 aliphatic rings. The van der Waals surface area contributed by atoms with E-state index >= 15 is 0 Å². The number of aliphatic hydroxyl groups is 2. The van der Waals surface area contributed by atoms with E-state index < -0.39 is 67.3 Å². The molecule has 0 amide bonds. The van der Waals surface area contributed by atoms with Gasteiger partial charge in [0.25, 0.3) is 0 Å². The number of ether oxygens (including phenoxy) is 5. The maximum absolute atomic E-state index is 13.2. The first kappa shape index (κ1) is 73.4. The van der Waals surface area contributed by atoms with Gasteiger partial charge in [-0.25, -0.2) is 4.79 Å². The lowest BCUT2D eigenvalue weighted by Gasteiger charge is -2.40. The largest absolute Gasteiger partial charge is 0.479 e. The summed E-state index contributed by atoms with van der Waals surface area (Å²) in [6.45, 7) is 5.95. The number of aliphatic carboxylic acids is 1. The van der Waals surface area contributed by atoms with Gasteiger partial charge in [0.15, 0.2) is 24.6 Å². The van der Waals surface area contributed by atoms with Crippen molar-refractivity contribution in [3.8, 4) is 0 Å². The van der Waals surface area contributed by atoms with Gasteiger partial charge in [-0.05, 0) is 109 Å². The van der Waals surface area contributed by atoms with E-state index in [1.165, 1.54) is 122 Å². The second-order valence-electron chi connectivity index (χ2n) is 22.0. The average molecular weight is 1110 g/mol. The molecule has 0 aromatic heterocycles. The van der Waals surface area contributed by atoms with Gasteiger partial charge in [-0.2, -0.15) is 0 Å². The van der Waals surface area contributed by atoms with Crippen LogP contribution in [0.3, 0.4) is 0 Å². The molecule has 0 aromatic rings. The second-order valence-corrected chi connectivity index (χ2v) is 22.0. The average Bonchev–Trinajstić information content (AvgIpc) is 3.46. The van der Waals surface area contributed by atoms with Crippen molar-refractivity contribution in [1.82, 2.24) is 0 Å².